The predicted molar refractivity (Wildman–Crippen MR) is 120 cm³/mol. The summed E-state index contributed by atoms with van der Waals surface area (Å²) < 4.78 is 10.9. The predicted octanol–water partition coefficient (Wildman–Crippen LogP) is 2.40. The molecule has 0 bridgehead atoms. The third-order valence-corrected chi connectivity index (χ3v) is 4.75. The molecule has 9 nitrogen and oxygen atoms in total. The van der Waals surface area contributed by atoms with Gasteiger partial charge in [-0.3, -0.25) is 14.4 Å². The minimum atomic E-state index is -0.832. The molecule has 168 valence electrons. The number of anilines is 1. The number of carbonyl (C=O) groups excluding carboxylic acids is 3. The Kier molecular flexibility index (Phi) is 7.67. The molecule has 1 fully saturated rings. The van der Waals surface area contributed by atoms with Gasteiger partial charge in [-0.1, -0.05) is 17.7 Å². The van der Waals surface area contributed by atoms with E-state index in [1.165, 1.54) is 13.3 Å². The highest BCUT2D eigenvalue weighted by Gasteiger charge is 2.26. The van der Waals surface area contributed by atoms with Crippen LogP contribution in [0.25, 0.3) is 0 Å². The molecular weight excluding hydrogens is 436 g/mol. The average Bonchev–Trinajstić information content (AvgIpc) is 3.59. The molecule has 3 rings (SSSR count). The maximum atomic E-state index is 12.2. The summed E-state index contributed by atoms with van der Waals surface area (Å²) in [6.07, 6.45) is 3.14. The average molecular weight is 459 g/mol. The Labute approximate surface area is 190 Å². The van der Waals surface area contributed by atoms with Gasteiger partial charge in [0.15, 0.2) is 18.1 Å². The second-order valence-electron chi connectivity index (χ2n) is 7.15. The van der Waals surface area contributed by atoms with E-state index in [0.29, 0.717) is 27.8 Å². The lowest BCUT2D eigenvalue weighted by molar-refractivity contribution is -0.139. The summed E-state index contributed by atoms with van der Waals surface area (Å²) in [5.41, 5.74) is 4.25. The van der Waals surface area contributed by atoms with E-state index in [4.69, 9.17) is 21.1 Å². The van der Waals surface area contributed by atoms with E-state index in [9.17, 15) is 14.4 Å². The number of nitrogens with zero attached hydrogens (tertiary/aromatic N) is 1. The van der Waals surface area contributed by atoms with Crippen molar-refractivity contribution in [3.8, 4) is 11.5 Å². The first-order valence-electron chi connectivity index (χ1n) is 9.86. The molecular formula is C22H23ClN4O5. The Balaban J connectivity index is 1.53. The SMILES string of the molecule is COc1cc(/C=N\NC(=O)C(=O)NC2CC2)ccc1OCC(=O)Nc1cc(Cl)ccc1C. The Hall–Kier alpha value is -3.59. The minimum absolute atomic E-state index is 0.0885. The van der Waals surface area contributed by atoms with Gasteiger partial charge >= 0.3 is 11.8 Å². The molecule has 0 atom stereocenters. The van der Waals surface area contributed by atoms with Crippen LogP contribution in [-0.4, -0.2) is 43.7 Å². The van der Waals surface area contributed by atoms with Gasteiger partial charge in [-0.25, -0.2) is 5.43 Å². The second kappa shape index (κ2) is 10.6. The normalized spacial score (nSPS) is 12.8. The highest BCUT2D eigenvalue weighted by atomic mass is 35.5. The van der Waals surface area contributed by atoms with Crippen molar-refractivity contribution in [2.75, 3.05) is 19.0 Å². The van der Waals surface area contributed by atoms with E-state index >= 15 is 0 Å². The maximum absolute atomic E-state index is 12.2. The number of ether oxygens (including phenoxy) is 2. The Morgan fingerprint density at radius 1 is 1.12 bits per heavy atom. The number of nitrogens with one attached hydrogen (secondary N) is 3. The van der Waals surface area contributed by atoms with Crippen molar-refractivity contribution in [1.29, 1.82) is 0 Å². The summed E-state index contributed by atoms with van der Waals surface area (Å²) in [4.78, 5) is 35.5. The number of aryl methyl sites for hydroxylation is 1. The van der Waals surface area contributed by atoms with Crippen LogP contribution in [0.5, 0.6) is 11.5 Å². The molecule has 3 N–H and O–H groups in total. The van der Waals surface area contributed by atoms with Crippen LogP contribution in [0.15, 0.2) is 41.5 Å². The van der Waals surface area contributed by atoms with Gasteiger partial charge in [-0.15, -0.1) is 0 Å². The number of carbonyl (C=O) groups is 3. The molecule has 0 aromatic heterocycles. The molecule has 1 aliphatic rings. The topological polar surface area (TPSA) is 118 Å². The lowest BCUT2D eigenvalue weighted by atomic mass is 10.2. The van der Waals surface area contributed by atoms with Gasteiger partial charge in [-0.05, 0) is 61.2 Å². The van der Waals surface area contributed by atoms with Crippen molar-refractivity contribution in [3.05, 3.63) is 52.5 Å². The summed E-state index contributed by atoms with van der Waals surface area (Å²) in [5, 5.41) is 9.62. The van der Waals surface area contributed by atoms with E-state index in [2.05, 4.69) is 21.2 Å². The number of benzene rings is 2. The quantitative estimate of drug-likeness (QED) is 0.319. The number of hydrogen-bond acceptors (Lipinski definition) is 6. The van der Waals surface area contributed by atoms with Crippen molar-refractivity contribution in [2.45, 2.75) is 25.8 Å². The molecule has 0 saturated heterocycles. The minimum Gasteiger partial charge on any atom is -0.493 e. The molecule has 0 unspecified atom stereocenters. The zero-order valence-corrected chi connectivity index (χ0v) is 18.4. The third-order valence-electron chi connectivity index (χ3n) is 4.52. The lowest BCUT2D eigenvalue weighted by Crippen LogP contribution is -2.38. The van der Waals surface area contributed by atoms with Crippen molar-refractivity contribution < 1.29 is 23.9 Å². The molecule has 0 spiro atoms. The standard InChI is InChI=1S/C22H23ClN4O5/c1-13-3-5-15(23)10-17(13)26-20(28)12-32-18-8-4-14(9-19(18)31-2)11-24-27-22(30)21(29)25-16-6-7-16/h3-5,8-11,16H,6-7,12H2,1-2H3,(H,25,29)(H,26,28)(H,27,30)/b24-11-. The van der Waals surface area contributed by atoms with Gasteiger partial charge < -0.3 is 20.1 Å². The van der Waals surface area contributed by atoms with E-state index < -0.39 is 11.8 Å². The lowest BCUT2D eigenvalue weighted by Gasteiger charge is -2.12. The molecule has 10 heteroatoms. The van der Waals surface area contributed by atoms with Gasteiger partial charge in [0.2, 0.25) is 0 Å². The fraction of sp³-hybridized carbons (Fsp3) is 0.273. The van der Waals surface area contributed by atoms with Crippen molar-refractivity contribution in [3.63, 3.8) is 0 Å². The molecule has 32 heavy (non-hydrogen) atoms. The van der Waals surface area contributed by atoms with Crippen molar-refractivity contribution >= 4 is 41.2 Å². The zero-order chi connectivity index (χ0) is 23.1. The molecule has 2 aromatic carbocycles. The molecule has 0 aliphatic heterocycles. The Morgan fingerprint density at radius 3 is 2.62 bits per heavy atom. The van der Waals surface area contributed by atoms with Crippen molar-refractivity contribution in [1.82, 2.24) is 10.7 Å². The van der Waals surface area contributed by atoms with E-state index in [-0.39, 0.29) is 18.6 Å². The number of amides is 3. The fourth-order valence-electron chi connectivity index (χ4n) is 2.64. The van der Waals surface area contributed by atoms with Gasteiger partial charge in [0.05, 0.1) is 13.3 Å². The molecule has 3 amide bonds. The number of methoxy groups -OCH3 is 1. The molecule has 0 radical (unpaired) electrons. The smallest absolute Gasteiger partial charge is 0.329 e. The number of rotatable bonds is 8. The van der Waals surface area contributed by atoms with E-state index in [1.807, 2.05) is 13.0 Å². The molecule has 2 aromatic rings. The van der Waals surface area contributed by atoms with Gasteiger partial charge in [0, 0.05) is 16.8 Å². The van der Waals surface area contributed by atoms with E-state index in [1.54, 1.807) is 30.3 Å². The summed E-state index contributed by atoms with van der Waals surface area (Å²) >= 11 is 5.97. The summed E-state index contributed by atoms with van der Waals surface area (Å²) in [7, 11) is 1.46. The highest BCUT2D eigenvalue weighted by Crippen LogP contribution is 2.28. The van der Waals surface area contributed by atoms with Crippen LogP contribution < -0.4 is 25.5 Å². The third kappa shape index (κ3) is 6.71. The number of halogens is 1. The zero-order valence-electron chi connectivity index (χ0n) is 17.6. The summed E-state index contributed by atoms with van der Waals surface area (Å²) in [5.74, 6) is -1.16. The van der Waals surface area contributed by atoms with Crippen LogP contribution in [0.3, 0.4) is 0 Å². The Bertz CT molecular complexity index is 1050. The molecule has 1 saturated carbocycles. The first kappa shape index (κ1) is 23.1. The molecule has 1 aliphatic carbocycles. The fourth-order valence-corrected chi connectivity index (χ4v) is 2.81. The van der Waals surface area contributed by atoms with Crippen LogP contribution in [-0.2, 0) is 14.4 Å². The maximum Gasteiger partial charge on any atom is 0.329 e. The Morgan fingerprint density at radius 2 is 1.91 bits per heavy atom. The van der Waals surface area contributed by atoms with Crippen LogP contribution in [0.1, 0.15) is 24.0 Å². The van der Waals surface area contributed by atoms with Gasteiger partial charge in [0.1, 0.15) is 0 Å². The molecule has 0 heterocycles. The van der Waals surface area contributed by atoms with Crippen LogP contribution in [0.2, 0.25) is 5.02 Å². The second-order valence-corrected chi connectivity index (χ2v) is 7.59. The van der Waals surface area contributed by atoms with Crippen LogP contribution in [0, 0.1) is 6.92 Å². The monoisotopic (exact) mass is 458 g/mol. The van der Waals surface area contributed by atoms with E-state index in [0.717, 1.165) is 18.4 Å². The number of hydrogen-bond donors (Lipinski definition) is 3. The summed E-state index contributed by atoms with van der Waals surface area (Å²) in [6, 6.07) is 10.2. The van der Waals surface area contributed by atoms with Gasteiger partial charge in [-0.2, -0.15) is 5.10 Å². The first-order valence-corrected chi connectivity index (χ1v) is 10.2. The van der Waals surface area contributed by atoms with Gasteiger partial charge in [0.25, 0.3) is 5.91 Å². The van der Waals surface area contributed by atoms with Crippen LogP contribution in [0.4, 0.5) is 5.69 Å². The first-order chi connectivity index (χ1) is 15.4. The highest BCUT2D eigenvalue weighted by molar-refractivity contribution is 6.35. The van der Waals surface area contributed by atoms with Crippen LogP contribution >= 0.6 is 11.6 Å². The summed E-state index contributed by atoms with van der Waals surface area (Å²) in [6.45, 7) is 1.62. The number of hydrazone groups is 1. The largest absolute Gasteiger partial charge is 0.493 e. The van der Waals surface area contributed by atoms with Crippen molar-refractivity contribution in [2.24, 2.45) is 5.10 Å².